The fourth-order valence-corrected chi connectivity index (χ4v) is 4.96. The first-order valence-corrected chi connectivity index (χ1v) is 12.3. The summed E-state index contributed by atoms with van der Waals surface area (Å²) >= 11 is 0. The Morgan fingerprint density at radius 1 is 0.694 bits per heavy atom. The van der Waals surface area contributed by atoms with Crippen LogP contribution in [0.5, 0.6) is 0 Å². The fourth-order valence-electron chi connectivity index (χ4n) is 4.96. The lowest BCUT2D eigenvalue weighted by molar-refractivity contribution is -0.140. The van der Waals surface area contributed by atoms with Gasteiger partial charge in [-0.2, -0.15) is 0 Å². The molecule has 0 spiro atoms. The van der Waals surface area contributed by atoms with Gasteiger partial charge in [0, 0.05) is 6.42 Å². The summed E-state index contributed by atoms with van der Waals surface area (Å²) in [5.74, 6) is -0.232. The Bertz CT molecular complexity index is 1470. The molecule has 0 aromatic rings. The molecule has 0 saturated carbocycles. The lowest BCUT2D eigenvalue weighted by Crippen LogP contribution is -2.05. The van der Waals surface area contributed by atoms with Crippen LogP contribution in [0.2, 0.25) is 0 Å². The third kappa shape index (κ3) is 4.28. The molecule has 8 bridgehead atoms. The Balaban J connectivity index is 1.70. The normalized spacial score (nSPS) is 20.7. The van der Waals surface area contributed by atoms with Gasteiger partial charge in [0.1, 0.15) is 0 Å². The van der Waals surface area contributed by atoms with Gasteiger partial charge < -0.3 is 4.74 Å². The van der Waals surface area contributed by atoms with Crippen LogP contribution in [-0.2, 0) is 9.53 Å². The average molecular weight is 479 g/mol. The number of carbonyl (C=O) groups excluding carboxylic acids is 1. The topological polar surface area (TPSA) is 75.7 Å². The van der Waals surface area contributed by atoms with E-state index in [1.165, 1.54) is 12.7 Å². The second-order valence-corrected chi connectivity index (χ2v) is 9.48. The van der Waals surface area contributed by atoms with Gasteiger partial charge in [0.15, 0.2) is 0 Å². The number of ether oxygens (including phenoxy) is 1. The van der Waals surface area contributed by atoms with Gasteiger partial charge in [-0.1, -0.05) is 6.92 Å². The van der Waals surface area contributed by atoms with E-state index in [0.29, 0.717) is 12.8 Å². The summed E-state index contributed by atoms with van der Waals surface area (Å²) < 4.78 is 4.90. The van der Waals surface area contributed by atoms with Crippen molar-refractivity contribution in [2.45, 2.75) is 53.9 Å². The number of fused-ring (bicyclic) bond motifs is 4. The number of nitrogens with zero attached hydrogens (tertiary/aromatic N) is 4. The van der Waals surface area contributed by atoms with Gasteiger partial charge in [-0.25, -0.2) is 20.0 Å². The van der Waals surface area contributed by atoms with Gasteiger partial charge in [-0.3, -0.25) is 4.79 Å². The first kappa shape index (κ1) is 23.8. The molecule has 0 atom stereocenters. The molecule has 0 amide bonds. The third-order valence-corrected chi connectivity index (χ3v) is 7.09. The number of aliphatic imine (C=N–C) groups is 4. The molecular weight excluding hydrogens is 448 g/mol. The number of rotatable bonds is 4. The molecule has 6 nitrogen and oxygen atoms in total. The molecule has 6 heteroatoms. The second-order valence-electron chi connectivity index (χ2n) is 9.48. The lowest BCUT2D eigenvalue weighted by Gasteiger charge is -2.07. The summed E-state index contributed by atoms with van der Waals surface area (Å²) in [7, 11) is 1.42. The Labute approximate surface area is 212 Å². The van der Waals surface area contributed by atoms with Crippen LogP contribution < -0.4 is 0 Å². The van der Waals surface area contributed by atoms with Crippen molar-refractivity contribution in [3.05, 3.63) is 92.7 Å². The van der Waals surface area contributed by atoms with Crippen LogP contribution in [0.4, 0.5) is 0 Å². The molecular formula is C30H30N4O2. The highest BCUT2D eigenvalue weighted by Gasteiger charge is 2.25. The molecule has 0 fully saturated rings. The first-order chi connectivity index (χ1) is 17.3. The predicted molar refractivity (Wildman–Crippen MR) is 147 cm³/mol. The molecule has 0 unspecified atom stereocenters. The van der Waals surface area contributed by atoms with E-state index < -0.39 is 0 Å². The van der Waals surface area contributed by atoms with Crippen LogP contribution >= 0.6 is 0 Å². The minimum Gasteiger partial charge on any atom is -0.469 e. The molecule has 0 saturated heterocycles. The SMILES string of the molecule is CCC1=C(C)C2=NC1=CC1=NC(=CC3=NC(=CC4=NC(=C2)C=C4C)C=C3C)C(C)=C1CCC(=O)OC. The van der Waals surface area contributed by atoms with E-state index in [9.17, 15) is 4.79 Å². The number of hydrogen-bond donors (Lipinski definition) is 0. The minimum atomic E-state index is -0.232. The van der Waals surface area contributed by atoms with Gasteiger partial charge in [0.2, 0.25) is 0 Å². The van der Waals surface area contributed by atoms with E-state index in [4.69, 9.17) is 24.7 Å². The summed E-state index contributed by atoms with van der Waals surface area (Å²) in [5, 5.41) is 0. The van der Waals surface area contributed by atoms with Crippen molar-refractivity contribution in [1.29, 1.82) is 0 Å². The molecule has 36 heavy (non-hydrogen) atoms. The lowest BCUT2D eigenvalue weighted by atomic mass is 9.97. The maximum Gasteiger partial charge on any atom is 0.305 e. The van der Waals surface area contributed by atoms with Crippen molar-refractivity contribution in [2.75, 3.05) is 7.11 Å². The quantitative estimate of drug-likeness (QED) is 0.448. The van der Waals surface area contributed by atoms with Crippen LogP contribution in [0.3, 0.4) is 0 Å². The highest BCUT2D eigenvalue weighted by molar-refractivity contribution is 6.19. The zero-order valence-electron chi connectivity index (χ0n) is 21.7. The number of hydrogen-bond acceptors (Lipinski definition) is 6. The zero-order chi connectivity index (χ0) is 25.6. The Morgan fingerprint density at radius 2 is 1.28 bits per heavy atom. The minimum absolute atomic E-state index is 0.232. The van der Waals surface area contributed by atoms with E-state index in [1.807, 2.05) is 12.2 Å². The molecule has 5 rings (SSSR count). The van der Waals surface area contributed by atoms with Crippen molar-refractivity contribution >= 4 is 28.8 Å². The Morgan fingerprint density at radius 3 is 1.92 bits per heavy atom. The van der Waals surface area contributed by atoms with Crippen LogP contribution in [0, 0.1) is 0 Å². The van der Waals surface area contributed by atoms with E-state index in [1.54, 1.807) is 0 Å². The van der Waals surface area contributed by atoms with Crippen LogP contribution in [-0.4, -0.2) is 35.9 Å². The van der Waals surface area contributed by atoms with Gasteiger partial charge >= 0.3 is 5.97 Å². The molecule has 0 radical (unpaired) electrons. The largest absolute Gasteiger partial charge is 0.469 e. The summed E-state index contributed by atoms with van der Waals surface area (Å²) in [4.78, 5) is 31.7. The zero-order valence-corrected chi connectivity index (χ0v) is 21.7. The van der Waals surface area contributed by atoms with Crippen molar-refractivity contribution in [1.82, 2.24) is 0 Å². The highest BCUT2D eigenvalue weighted by Crippen LogP contribution is 2.35. The molecule has 0 aliphatic carbocycles. The maximum absolute atomic E-state index is 11.9. The van der Waals surface area contributed by atoms with E-state index in [2.05, 4.69) is 58.9 Å². The van der Waals surface area contributed by atoms with E-state index in [-0.39, 0.29) is 5.97 Å². The predicted octanol–water partition coefficient (Wildman–Crippen LogP) is 6.24. The van der Waals surface area contributed by atoms with E-state index >= 15 is 0 Å². The summed E-state index contributed by atoms with van der Waals surface area (Å²) in [6.45, 7) is 10.5. The number of methoxy groups -OCH3 is 1. The number of esters is 1. The molecule has 182 valence electrons. The Kier molecular flexibility index (Phi) is 6.12. The average Bonchev–Trinajstić information content (AvgIpc) is 3.54. The van der Waals surface area contributed by atoms with Gasteiger partial charge in [-0.05, 0) is 110 Å². The number of allylic oxidation sites excluding steroid dienone is 12. The number of carbonyl (C=O) groups is 1. The van der Waals surface area contributed by atoms with Crippen molar-refractivity contribution in [3.63, 3.8) is 0 Å². The highest BCUT2D eigenvalue weighted by atomic mass is 16.5. The molecule has 0 aromatic heterocycles. The van der Waals surface area contributed by atoms with Crippen LogP contribution in [0.1, 0.15) is 53.9 Å². The summed E-state index contributed by atoms with van der Waals surface area (Å²) in [6.07, 6.45) is 14.1. The monoisotopic (exact) mass is 478 g/mol. The van der Waals surface area contributed by atoms with Gasteiger partial charge in [0.05, 0.1) is 52.7 Å². The smallest absolute Gasteiger partial charge is 0.305 e. The first-order valence-electron chi connectivity index (χ1n) is 12.3. The molecule has 5 aliphatic rings. The second kappa shape index (κ2) is 9.26. The summed E-state index contributed by atoms with van der Waals surface area (Å²) in [5.41, 5.74) is 13.7. The van der Waals surface area contributed by atoms with Gasteiger partial charge in [0.25, 0.3) is 0 Å². The van der Waals surface area contributed by atoms with Crippen LogP contribution in [0.25, 0.3) is 0 Å². The summed E-state index contributed by atoms with van der Waals surface area (Å²) in [6, 6.07) is 0. The van der Waals surface area contributed by atoms with Crippen molar-refractivity contribution < 1.29 is 9.53 Å². The fraction of sp³-hybridized carbons (Fsp3) is 0.300. The molecule has 0 N–H and O–H groups in total. The standard InChI is InChI=1S/C30H30N4O2/c1-7-22-18(4)26-13-21-10-16(2)24(31-21)12-20-11-17(3)25(32-20)14-27-19(5)23(8-9-30(35)36-6)29(34-27)15-28(22)33-26/h10-15H,7-9H2,1-6H3. The third-order valence-electron chi connectivity index (χ3n) is 7.09. The molecule has 5 aliphatic heterocycles. The molecule has 5 heterocycles. The Hall–Kier alpha value is -3.93. The van der Waals surface area contributed by atoms with Gasteiger partial charge in [-0.15, -0.1) is 0 Å². The van der Waals surface area contributed by atoms with Crippen molar-refractivity contribution in [3.8, 4) is 0 Å². The van der Waals surface area contributed by atoms with Crippen molar-refractivity contribution in [2.24, 2.45) is 20.0 Å². The van der Waals surface area contributed by atoms with E-state index in [0.717, 1.165) is 79.9 Å². The van der Waals surface area contributed by atoms with Crippen LogP contribution in [0.15, 0.2) is 113 Å². The molecule has 0 aromatic carbocycles. The maximum atomic E-state index is 11.9.